The topological polar surface area (TPSA) is 23.6 Å². The van der Waals surface area contributed by atoms with Gasteiger partial charge in [0, 0.05) is 42.7 Å². The summed E-state index contributed by atoms with van der Waals surface area (Å²) < 4.78 is 0. The third-order valence-corrected chi connectivity index (χ3v) is 5.85. The molecule has 0 unspecified atom stereocenters. The Labute approximate surface area is 155 Å². The van der Waals surface area contributed by atoms with Crippen molar-refractivity contribution in [2.45, 2.75) is 23.8 Å². The van der Waals surface area contributed by atoms with E-state index in [0.29, 0.717) is 12.3 Å². The number of amides is 1. The number of hydrogen-bond donors (Lipinski definition) is 0. The number of carbonyl (C=O) groups excluding carboxylic acids is 1. The number of nitrogens with zero attached hydrogens (tertiary/aromatic N) is 2. The summed E-state index contributed by atoms with van der Waals surface area (Å²) in [6, 6.07) is 21.2. The Morgan fingerprint density at radius 1 is 0.960 bits per heavy atom. The Morgan fingerprint density at radius 2 is 1.64 bits per heavy atom. The highest BCUT2D eigenvalue weighted by Crippen LogP contribution is 2.23. The van der Waals surface area contributed by atoms with Crippen LogP contribution in [-0.4, -0.2) is 54.2 Å². The maximum Gasteiger partial charge on any atom is 0.224 e. The minimum atomic E-state index is 0.228. The summed E-state index contributed by atoms with van der Waals surface area (Å²) in [6.45, 7) is 2.63. The molecule has 1 aliphatic heterocycles. The van der Waals surface area contributed by atoms with Gasteiger partial charge >= 0.3 is 0 Å². The molecule has 132 valence electrons. The molecule has 0 bridgehead atoms. The zero-order valence-corrected chi connectivity index (χ0v) is 15.6. The molecule has 3 nitrogen and oxygen atoms in total. The van der Waals surface area contributed by atoms with Gasteiger partial charge in [-0.1, -0.05) is 48.5 Å². The molecule has 1 aliphatic rings. The smallest absolute Gasteiger partial charge is 0.224 e. The molecule has 0 N–H and O–H groups in total. The van der Waals surface area contributed by atoms with Crippen LogP contribution in [-0.2, 0) is 11.2 Å². The van der Waals surface area contributed by atoms with Crippen LogP contribution in [0.25, 0.3) is 0 Å². The van der Waals surface area contributed by atoms with Crippen molar-refractivity contribution in [1.29, 1.82) is 0 Å². The van der Waals surface area contributed by atoms with E-state index in [4.69, 9.17) is 0 Å². The number of benzene rings is 2. The highest BCUT2D eigenvalue weighted by Gasteiger charge is 2.26. The lowest BCUT2D eigenvalue weighted by atomic mass is 10.1. The number of likely N-dealkylation sites (N-methyl/N-ethyl adjacent to an activating group) is 1. The number of hydrogen-bond acceptors (Lipinski definition) is 3. The Morgan fingerprint density at radius 3 is 2.36 bits per heavy atom. The van der Waals surface area contributed by atoms with Crippen LogP contribution in [0.3, 0.4) is 0 Å². The fraction of sp³-hybridized carbons (Fsp3) is 0.381. The van der Waals surface area contributed by atoms with Crippen molar-refractivity contribution in [2.24, 2.45) is 0 Å². The fourth-order valence-corrected chi connectivity index (χ4v) is 4.22. The van der Waals surface area contributed by atoms with Gasteiger partial charge in [-0.3, -0.25) is 4.79 Å². The largest absolute Gasteiger partial charge is 0.337 e. The van der Waals surface area contributed by atoms with Gasteiger partial charge in [0.05, 0.1) is 0 Å². The van der Waals surface area contributed by atoms with Crippen molar-refractivity contribution >= 4 is 17.7 Å². The van der Waals surface area contributed by atoms with E-state index >= 15 is 0 Å². The summed E-state index contributed by atoms with van der Waals surface area (Å²) in [5.41, 5.74) is 1.30. The summed E-state index contributed by atoms with van der Waals surface area (Å²) in [5, 5.41) is 0. The molecule has 4 heteroatoms. The van der Waals surface area contributed by atoms with Crippen molar-refractivity contribution in [1.82, 2.24) is 9.80 Å². The quantitative estimate of drug-likeness (QED) is 0.741. The predicted octanol–water partition coefficient (Wildman–Crippen LogP) is 3.55. The molecule has 1 heterocycles. The Kier molecular flexibility index (Phi) is 6.54. The second-order valence-electron chi connectivity index (χ2n) is 6.61. The molecule has 1 atom stereocenters. The molecule has 1 saturated heterocycles. The van der Waals surface area contributed by atoms with Crippen LogP contribution in [0.5, 0.6) is 0 Å². The molecule has 25 heavy (non-hydrogen) atoms. The monoisotopic (exact) mass is 354 g/mol. The van der Waals surface area contributed by atoms with Crippen LogP contribution in [0.1, 0.15) is 12.0 Å². The lowest BCUT2D eigenvalue weighted by molar-refractivity contribution is -0.132. The van der Waals surface area contributed by atoms with Crippen LogP contribution in [0.2, 0.25) is 0 Å². The van der Waals surface area contributed by atoms with Gasteiger partial charge in [-0.2, -0.15) is 0 Å². The van der Waals surface area contributed by atoms with Crippen molar-refractivity contribution < 1.29 is 4.79 Å². The SMILES string of the molecule is CN1CCC(=O)N([C@H](CSc2ccccc2)Cc2ccccc2)CC1. The first-order valence-corrected chi connectivity index (χ1v) is 9.91. The predicted molar refractivity (Wildman–Crippen MR) is 105 cm³/mol. The van der Waals surface area contributed by atoms with E-state index in [2.05, 4.69) is 65.4 Å². The summed E-state index contributed by atoms with van der Waals surface area (Å²) >= 11 is 1.84. The Balaban J connectivity index is 1.74. The van der Waals surface area contributed by atoms with E-state index in [0.717, 1.165) is 31.8 Å². The molecule has 0 radical (unpaired) electrons. The second-order valence-corrected chi connectivity index (χ2v) is 7.70. The number of rotatable bonds is 6. The average Bonchev–Trinajstić information content (AvgIpc) is 2.82. The van der Waals surface area contributed by atoms with Gasteiger partial charge in [-0.25, -0.2) is 0 Å². The average molecular weight is 355 g/mol. The summed E-state index contributed by atoms with van der Waals surface area (Å²) in [5.74, 6) is 1.22. The molecule has 1 fully saturated rings. The first-order valence-electron chi connectivity index (χ1n) is 8.92. The standard InChI is InChI=1S/C21H26N2OS/c1-22-13-12-21(24)23(15-14-22)19(16-18-8-4-2-5-9-18)17-25-20-10-6-3-7-11-20/h2-11,19H,12-17H2,1H3/t19-/m0/s1. The Bertz CT molecular complexity index is 662. The minimum Gasteiger partial charge on any atom is -0.337 e. The number of thioether (sulfide) groups is 1. The Hall–Kier alpha value is -1.78. The van der Waals surface area contributed by atoms with Crippen LogP contribution >= 0.6 is 11.8 Å². The van der Waals surface area contributed by atoms with Gasteiger partial charge in [-0.05, 0) is 31.2 Å². The first kappa shape index (κ1) is 18.0. The van der Waals surface area contributed by atoms with Gasteiger partial charge in [0.2, 0.25) is 5.91 Å². The molecular formula is C21H26N2OS. The molecule has 0 aromatic heterocycles. The van der Waals surface area contributed by atoms with E-state index in [-0.39, 0.29) is 6.04 Å². The van der Waals surface area contributed by atoms with E-state index in [9.17, 15) is 4.79 Å². The third kappa shape index (κ3) is 5.35. The number of carbonyl (C=O) groups is 1. The van der Waals surface area contributed by atoms with Crippen LogP contribution in [0.15, 0.2) is 65.6 Å². The first-order chi connectivity index (χ1) is 12.2. The second kappa shape index (κ2) is 9.07. The molecular weight excluding hydrogens is 328 g/mol. The lowest BCUT2D eigenvalue weighted by Crippen LogP contribution is -2.44. The molecule has 0 saturated carbocycles. The molecule has 2 aromatic rings. The molecule has 0 spiro atoms. The molecule has 2 aromatic carbocycles. The van der Waals surface area contributed by atoms with Gasteiger partial charge in [0.25, 0.3) is 0 Å². The lowest BCUT2D eigenvalue weighted by Gasteiger charge is -2.31. The van der Waals surface area contributed by atoms with E-state index in [1.165, 1.54) is 10.5 Å². The van der Waals surface area contributed by atoms with Crippen molar-refractivity contribution in [3.05, 3.63) is 66.2 Å². The third-order valence-electron chi connectivity index (χ3n) is 4.69. The van der Waals surface area contributed by atoms with Gasteiger partial charge in [0.1, 0.15) is 0 Å². The fourth-order valence-electron chi connectivity index (χ4n) is 3.19. The maximum atomic E-state index is 12.7. The maximum absolute atomic E-state index is 12.7. The molecule has 3 rings (SSSR count). The van der Waals surface area contributed by atoms with Crippen molar-refractivity contribution in [3.8, 4) is 0 Å². The van der Waals surface area contributed by atoms with E-state index < -0.39 is 0 Å². The summed E-state index contributed by atoms with van der Waals surface area (Å²) in [6.07, 6.45) is 1.54. The van der Waals surface area contributed by atoms with Crippen LogP contribution < -0.4 is 0 Å². The van der Waals surface area contributed by atoms with E-state index in [1.807, 2.05) is 23.9 Å². The summed E-state index contributed by atoms with van der Waals surface area (Å²) in [4.78, 5) is 18.3. The molecule has 1 amide bonds. The van der Waals surface area contributed by atoms with Gasteiger partial charge in [-0.15, -0.1) is 11.8 Å². The van der Waals surface area contributed by atoms with Crippen LogP contribution in [0, 0.1) is 0 Å². The van der Waals surface area contributed by atoms with Crippen molar-refractivity contribution in [3.63, 3.8) is 0 Å². The van der Waals surface area contributed by atoms with E-state index in [1.54, 1.807) is 0 Å². The minimum absolute atomic E-state index is 0.228. The normalized spacial score (nSPS) is 17.3. The van der Waals surface area contributed by atoms with Crippen LogP contribution in [0.4, 0.5) is 0 Å². The van der Waals surface area contributed by atoms with Crippen molar-refractivity contribution in [2.75, 3.05) is 32.4 Å². The molecule has 0 aliphatic carbocycles. The van der Waals surface area contributed by atoms with Gasteiger partial charge < -0.3 is 9.80 Å². The zero-order chi connectivity index (χ0) is 17.5. The zero-order valence-electron chi connectivity index (χ0n) is 14.8. The summed E-state index contributed by atoms with van der Waals surface area (Å²) in [7, 11) is 2.10. The van der Waals surface area contributed by atoms with Gasteiger partial charge in [0.15, 0.2) is 0 Å². The highest BCUT2D eigenvalue weighted by molar-refractivity contribution is 7.99. The highest BCUT2D eigenvalue weighted by atomic mass is 32.2.